The maximum Gasteiger partial charge on any atom is 0.234 e. The molecule has 32 heavy (non-hydrogen) atoms. The summed E-state index contributed by atoms with van der Waals surface area (Å²) in [5, 5.41) is 5.59. The van der Waals surface area contributed by atoms with Crippen molar-refractivity contribution in [2.45, 2.75) is 39.5 Å². The zero-order valence-electron chi connectivity index (χ0n) is 18.7. The Morgan fingerprint density at radius 3 is 2.50 bits per heavy atom. The summed E-state index contributed by atoms with van der Waals surface area (Å²) in [6.07, 6.45) is 0.0991. The minimum atomic E-state index is -0.305. The van der Waals surface area contributed by atoms with Crippen LogP contribution in [0.4, 0.5) is 15.8 Å². The molecule has 1 heterocycles. The van der Waals surface area contributed by atoms with Gasteiger partial charge >= 0.3 is 0 Å². The number of ether oxygens (including phenoxy) is 1. The number of anilines is 2. The maximum absolute atomic E-state index is 14.7. The predicted octanol–water partition coefficient (Wildman–Crippen LogP) is 3.74. The van der Waals surface area contributed by atoms with Crippen LogP contribution in [0.5, 0.6) is 0 Å². The van der Waals surface area contributed by atoms with Gasteiger partial charge in [0.2, 0.25) is 11.8 Å². The van der Waals surface area contributed by atoms with Crippen LogP contribution in [0.15, 0.2) is 42.5 Å². The second-order valence-corrected chi connectivity index (χ2v) is 9.12. The number of carbonyl (C=O) groups is 2. The monoisotopic (exact) mass is 459 g/mol. The third kappa shape index (κ3) is 7.24. The van der Waals surface area contributed by atoms with Gasteiger partial charge in [0.05, 0.1) is 29.4 Å². The largest absolute Gasteiger partial charge is 0.372 e. The third-order valence-electron chi connectivity index (χ3n) is 5.03. The van der Waals surface area contributed by atoms with Gasteiger partial charge in [-0.05, 0) is 56.2 Å². The fourth-order valence-electron chi connectivity index (χ4n) is 3.70. The Balaban J connectivity index is 1.41. The number of thioether (sulfide) groups is 1. The van der Waals surface area contributed by atoms with Crippen molar-refractivity contribution >= 4 is 35.0 Å². The van der Waals surface area contributed by atoms with Gasteiger partial charge in [-0.25, -0.2) is 4.39 Å². The molecule has 0 aromatic heterocycles. The van der Waals surface area contributed by atoms with E-state index < -0.39 is 0 Å². The van der Waals surface area contributed by atoms with Crippen LogP contribution in [0.1, 0.15) is 25.0 Å². The molecule has 2 aromatic rings. The number of morpholine rings is 1. The molecule has 0 radical (unpaired) electrons. The molecule has 0 spiro atoms. The summed E-state index contributed by atoms with van der Waals surface area (Å²) in [4.78, 5) is 26.1. The Labute approximate surface area is 192 Å². The van der Waals surface area contributed by atoms with E-state index in [-0.39, 0.29) is 47.9 Å². The number of amides is 2. The maximum atomic E-state index is 14.7. The molecule has 172 valence electrons. The standard InChI is InChI=1S/C24H30FN3O3S/c1-16-5-4-6-20(9-16)27-24(30)15-32-14-23(29)26-11-19-7-8-22(21(25)10-19)28-12-17(2)31-18(3)13-28/h4-10,17-18H,11-15H2,1-3H3,(H,26,29)(H,27,30). The fourth-order valence-corrected chi connectivity index (χ4v) is 4.35. The van der Waals surface area contributed by atoms with E-state index in [1.165, 1.54) is 17.8 Å². The van der Waals surface area contributed by atoms with Gasteiger partial charge in [0.25, 0.3) is 0 Å². The highest BCUT2D eigenvalue weighted by atomic mass is 32.2. The molecular formula is C24H30FN3O3S. The van der Waals surface area contributed by atoms with Crippen LogP contribution in [-0.2, 0) is 20.9 Å². The minimum absolute atomic E-state index is 0.0495. The van der Waals surface area contributed by atoms with Gasteiger partial charge in [-0.15, -0.1) is 11.8 Å². The average molecular weight is 460 g/mol. The Hall–Kier alpha value is -2.58. The molecule has 1 aliphatic rings. The summed E-state index contributed by atoms with van der Waals surface area (Å²) in [6.45, 7) is 7.45. The van der Waals surface area contributed by atoms with E-state index in [1.807, 2.05) is 56.0 Å². The molecule has 6 nitrogen and oxygen atoms in total. The van der Waals surface area contributed by atoms with Crippen molar-refractivity contribution in [1.29, 1.82) is 0 Å². The number of nitrogens with zero attached hydrogens (tertiary/aromatic N) is 1. The first kappa shape index (κ1) is 24.1. The quantitative estimate of drug-likeness (QED) is 0.629. The van der Waals surface area contributed by atoms with E-state index >= 15 is 0 Å². The highest BCUT2D eigenvalue weighted by Crippen LogP contribution is 2.24. The van der Waals surface area contributed by atoms with Crippen molar-refractivity contribution in [3.8, 4) is 0 Å². The molecule has 2 N–H and O–H groups in total. The van der Waals surface area contributed by atoms with Gasteiger partial charge < -0.3 is 20.3 Å². The molecule has 2 atom stereocenters. The molecule has 1 aliphatic heterocycles. The van der Waals surface area contributed by atoms with Crippen molar-refractivity contribution in [3.63, 3.8) is 0 Å². The number of carbonyl (C=O) groups excluding carboxylic acids is 2. The summed E-state index contributed by atoms with van der Waals surface area (Å²) >= 11 is 1.24. The first-order valence-corrected chi connectivity index (χ1v) is 11.9. The number of benzene rings is 2. The Bertz CT molecular complexity index is 946. The van der Waals surface area contributed by atoms with Crippen molar-refractivity contribution < 1.29 is 18.7 Å². The lowest BCUT2D eigenvalue weighted by atomic mass is 10.1. The van der Waals surface area contributed by atoms with Crippen LogP contribution in [-0.4, -0.2) is 48.6 Å². The van der Waals surface area contributed by atoms with Gasteiger partial charge in [-0.2, -0.15) is 0 Å². The lowest BCUT2D eigenvalue weighted by Crippen LogP contribution is -2.45. The van der Waals surface area contributed by atoms with Crippen LogP contribution in [0, 0.1) is 12.7 Å². The van der Waals surface area contributed by atoms with Crippen molar-refractivity contribution in [2.75, 3.05) is 34.8 Å². The Morgan fingerprint density at radius 1 is 1.09 bits per heavy atom. The van der Waals surface area contributed by atoms with Gasteiger partial charge in [0.15, 0.2) is 0 Å². The average Bonchev–Trinajstić information content (AvgIpc) is 2.71. The van der Waals surface area contributed by atoms with E-state index in [2.05, 4.69) is 10.6 Å². The number of hydrogen-bond donors (Lipinski definition) is 2. The van der Waals surface area contributed by atoms with Crippen molar-refractivity contribution in [2.24, 2.45) is 0 Å². The molecule has 0 saturated carbocycles. The molecule has 2 amide bonds. The van der Waals surface area contributed by atoms with E-state index in [0.29, 0.717) is 24.3 Å². The number of hydrogen-bond acceptors (Lipinski definition) is 5. The fraction of sp³-hybridized carbons (Fsp3) is 0.417. The summed E-state index contributed by atoms with van der Waals surface area (Å²) in [5.41, 5.74) is 3.05. The van der Waals surface area contributed by atoms with E-state index in [9.17, 15) is 14.0 Å². The second kappa shape index (κ2) is 11.3. The smallest absolute Gasteiger partial charge is 0.234 e. The molecule has 1 saturated heterocycles. The Kier molecular flexibility index (Phi) is 8.53. The molecule has 2 aromatic carbocycles. The van der Waals surface area contributed by atoms with Crippen LogP contribution in [0.2, 0.25) is 0 Å². The molecule has 1 fully saturated rings. The molecule has 0 aliphatic carbocycles. The lowest BCUT2D eigenvalue weighted by molar-refractivity contribution is -0.118. The summed E-state index contributed by atoms with van der Waals surface area (Å²) in [5.74, 6) is -0.316. The molecule has 2 unspecified atom stereocenters. The topological polar surface area (TPSA) is 70.7 Å². The zero-order chi connectivity index (χ0) is 23.1. The van der Waals surface area contributed by atoms with Crippen molar-refractivity contribution in [3.05, 3.63) is 59.4 Å². The molecule has 8 heteroatoms. The number of rotatable bonds is 8. The number of aryl methyl sites for hydroxylation is 1. The minimum Gasteiger partial charge on any atom is -0.372 e. The van der Waals surface area contributed by atoms with Gasteiger partial charge in [0, 0.05) is 25.3 Å². The van der Waals surface area contributed by atoms with E-state index in [0.717, 1.165) is 11.3 Å². The van der Waals surface area contributed by atoms with Crippen LogP contribution in [0.25, 0.3) is 0 Å². The summed E-state index contributed by atoms with van der Waals surface area (Å²) in [7, 11) is 0. The molecule has 0 bridgehead atoms. The predicted molar refractivity (Wildman–Crippen MR) is 128 cm³/mol. The Morgan fingerprint density at radius 2 is 1.81 bits per heavy atom. The molecular weight excluding hydrogens is 429 g/mol. The first-order chi connectivity index (χ1) is 15.3. The summed E-state index contributed by atoms with van der Waals surface area (Å²) in [6, 6.07) is 12.6. The number of halogens is 1. The highest BCUT2D eigenvalue weighted by molar-refractivity contribution is 8.00. The SMILES string of the molecule is Cc1cccc(NC(=O)CSCC(=O)NCc2ccc(N3CC(C)OC(C)C3)c(F)c2)c1. The summed E-state index contributed by atoms with van der Waals surface area (Å²) < 4.78 is 20.4. The normalized spacial score (nSPS) is 18.3. The third-order valence-corrected chi connectivity index (χ3v) is 5.96. The second-order valence-electron chi connectivity index (χ2n) is 8.14. The van der Waals surface area contributed by atoms with Gasteiger partial charge in [-0.1, -0.05) is 18.2 Å². The number of nitrogens with one attached hydrogen (secondary N) is 2. The van der Waals surface area contributed by atoms with Crippen LogP contribution in [0.3, 0.4) is 0 Å². The lowest BCUT2D eigenvalue weighted by Gasteiger charge is -2.37. The highest BCUT2D eigenvalue weighted by Gasteiger charge is 2.24. The van der Waals surface area contributed by atoms with Gasteiger partial charge in [-0.3, -0.25) is 9.59 Å². The zero-order valence-corrected chi connectivity index (χ0v) is 19.5. The first-order valence-electron chi connectivity index (χ1n) is 10.7. The van der Waals surface area contributed by atoms with Gasteiger partial charge in [0.1, 0.15) is 5.82 Å². The van der Waals surface area contributed by atoms with E-state index in [4.69, 9.17) is 4.74 Å². The molecule has 3 rings (SSSR count). The van der Waals surface area contributed by atoms with E-state index in [1.54, 1.807) is 6.07 Å². The van der Waals surface area contributed by atoms with Crippen molar-refractivity contribution in [1.82, 2.24) is 5.32 Å². The van der Waals surface area contributed by atoms with Crippen LogP contribution < -0.4 is 15.5 Å². The van der Waals surface area contributed by atoms with Crippen LogP contribution >= 0.6 is 11.8 Å².